The topological polar surface area (TPSA) is 61.2 Å². The summed E-state index contributed by atoms with van der Waals surface area (Å²) in [5, 5.41) is 4.71. The van der Waals surface area contributed by atoms with Crippen LogP contribution in [0.4, 0.5) is 0 Å². The van der Waals surface area contributed by atoms with Gasteiger partial charge in [0.2, 0.25) is 5.78 Å². The van der Waals surface area contributed by atoms with E-state index in [1.165, 1.54) is 6.08 Å². The van der Waals surface area contributed by atoms with Gasteiger partial charge in [-0.15, -0.1) is 0 Å². The number of rotatable bonds is 4. The second-order valence-electron chi connectivity index (χ2n) is 7.17. The summed E-state index contributed by atoms with van der Waals surface area (Å²) >= 11 is 0. The lowest BCUT2D eigenvalue weighted by Gasteiger charge is -2.15. The first-order valence-corrected chi connectivity index (χ1v) is 9.86. The Kier molecular flexibility index (Phi) is 4.56. The van der Waals surface area contributed by atoms with Crippen molar-refractivity contribution in [1.82, 2.24) is 9.78 Å². The minimum absolute atomic E-state index is 0.235. The van der Waals surface area contributed by atoms with Crippen molar-refractivity contribution in [2.45, 2.75) is 0 Å². The maximum absolute atomic E-state index is 13.6. The fourth-order valence-corrected chi connectivity index (χ4v) is 3.80. The molecule has 4 aromatic rings. The lowest BCUT2D eigenvalue weighted by Crippen LogP contribution is -2.19. The number of carbonyl (C=O) groups is 2. The Morgan fingerprint density at radius 3 is 2.06 bits per heavy atom. The standard InChI is InChI=1S/C26H18N2O3/c1-31-20-14-12-17(13-15-20)21-16-22(29)23-24(18-8-4-2-5-9-18)27-28(25(23)26(21)30)19-10-6-3-7-11-19/h2-16H,1H3. The van der Waals surface area contributed by atoms with E-state index in [1.807, 2.05) is 60.7 Å². The minimum atomic E-state index is -0.238. The molecule has 0 saturated carbocycles. The summed E-state index contributed by atoms with van der Waals surface area (Å²) in [6.45, 7) is 0. The molecule has 3 aromatic carbocycles. The highest BCUT2D eigenvalue weighted by Crippen LogP contribution is 2.35. The summed E-state index contributed by atoms with van der Waals surface area (Å²) in [6.07, 6.45) is 1.41. The normalized spacial score (nSPS) is 13.0. The quantitative estimate of drug-likeness (QED) is 0.478. The third-order valence-electron chi connectivity index (χ3n) is 5.32. The molecular weight excluding hydrogens is 388 g/mol. The number of allylic oxidation sites excluding steroid dienone is 2. The molecule has 0 N–H and O–H groups in total. The summed E-state index contributed by atoms with van der Waals surface area (Å²) in [7, 11) is 1.58. The largest absolute Gasteiger partial charge is 0.497 e. The summed E-state index contributed by atoms with van der Waals surface area (Å²) < 4.78 is 6.78. The third-order valence-corrected chi connectivity index (χ3v) is 5.32. The molecule has 0 radical (unpaired) electrons. The van der Waals surface area contributed by atoms with E-state index in [9.17, 15) is 9.59 Å². The van der Waals surface area contributed by atoms with Crippen molar-refractivity contribution >= 4 is 17.1 Å². The van der Waals surface area contributed by atoms with Crippen LogP contribution in [-0.4, -0.2) is 28.5 Å². The molecule has 31 heavy (non-hydrogen) atoms. The SMILES string of the molecule is COc1ccc(C2=CC(=O)c3c(-c4ccccc4)nn(-c4ccccc4)c3C2=O)cc1. The van der Waals surface area contributed by atoms with Crippen molar-refractivity contribution < 1.29 is 14.3 Å². The average molecular weight is 406 g/mol. The monoisotopic (exact) mass is 406 g/mol. The van der Waals surface area contributed by atoms with Crippen LogP contribution in [-0.2, 0) is 0 Å². The maximum atomic E-state index is 13.6. The van der Waals surface area contributed by atoms with Crippen molar-refractivity contribution in [3.05, 3.63) is 108 Å². The number of para-hydroxylation sites is 1. The third kappa shape index (κ3) is 3.16. The van der Waals surface area contributed by atoms with Crippen LogP contribution in [0.5, 0.6) is 5.75 Å². The summed E-state index contributed by atoms with van der Waals surface area (Å²) in [6, 6.07) is 25.9. The molecule has 0 spiro atoms. The molecule has 5 rings (SSSR count). The van der Waals surface area contributed by atoms with Crippen LogP contribution in [0.1, 0.15) is 26.4 Å². The van der Waals surface area contributed by atoms with Gasteiger partial charge in [-0.3, -0.25) is 9.59 Å². The zero-order chi connectivity index (χ0) is 21.4. The van der Waals surface area contributed by atoms with Crippen molar-refractivity contribution in [2.24, 2.45) is 0 Å². The van der Waals surface area contributed by atoms with Crippen molar-refractivity contribution in [3.63, 3.8) is 0 Å². The molecule has 0 amide bonds. The molecule has 0 bridgehead atoms. The molecule has 5 nitrogen and oxygen atoms in total. The van der Waals surface area contributed by atoms with E-state index >= 15 is 0 Å². The fraction of sp³-hybridized carbons (Fsp3) is 0.0385. The first-order valence-electron chi connectivity index (χ1n) is 9.86. The Morgan fingerprint density at radius 2 is 1.42 bits per heavy atom. The average Bonchev–Trinajstić information content (AvgIpc) is 3.24. The highest BCUT2D eigenvalue weighted by Gasteiger charge is 2.35. The summed E-state index contributed by atoms with van der Waals surface area (Å²) in [5.74, 6) is 0.208. The van der Waals surface area contributed by atoms with Gasteiger partial charge in [0.25, 0.3) is 0 Å². The van der Waals surface area contributed by atoms with E-state index in [-0.39, 0.29) is 17.3 Å². The van der Waals surface area contributed by atoms with Crippen LogP contribution in [0.25, 0.3) is 22.5 Å². The van der Waals surface area contributed by atoms with Crippen molar-refractivity contribution in [2.75, 3.05) is 7.11 Å². The van der Waals surface area contributed by atoms with E-state index in [1.54, 1.807) is 36.1 Å². The van der Waals surface area contributed by atoms with Crippen LogP contribution in [0.3, 0.4) is 0 Å². The number of fused-ring (bicyclic) bond motifs is 1. The smallest absolute Gasteiger partial charge is 0.213 e. The predicted octanol–water partition coefficient (Wildman–Crippen LogP) is 5.01. The number of carbonyl (C=O) groups excluding carboxylic acids is 2. The van der Waals surface area contributed by atoms with Crippen LogP contribution in [0, 0.1) is 0 Å². The predicted molar refractivity (Wildman–Crippen MR) is 119 cm³/mol. The zero-order valence-corrected chi connectivity index (χ0v) is 16.8. The molecule has 0 aliphatic heterocycles. The Balaban J connectivity index is 1.72. The molecular formula is C26H18N2O3. The van der Waals surface area contributed by atoms with E-state index in [2.05, 4.69) is 0 Å². The fourth-order valence-electron chi connectivity index (χ4n) is 3.80. The molecule has 1 aliphatic carbocycles. The number of ether oxygens (including phenoxy) is 1. The van der Waals surface area contributed by atoms with Gasteiger partial charge in [0, 0.05) is 11.1 Å². The van der Waals surface area contributed by atoms with Gasteiger partial charge in [-0.25, -0.2) is 4.68 Å². The molecule has 1 aliphatic rings. The Hall–Kier alpha value is -4.25. The second kappa shape index (κ2) is 7.54. The van der Waals surface area contributed by atoms with E-state index in [4.69, 9.17) is 9.84 Å². The van der Waals surface area contributed by atoms with Gasteiger partial charge in [0.15, 0.2) is 5.78 Å². The van der Waals surface area contributed by atoms with Crippen molar-refractivity contribution in [1.29, 1.82) is 0 Å². The Morgan fingerprint density at radius 1 is 0.774 bits per heavy atom. The number of Topliss-reactive ketones (excluding diaryl/α,β-unsaturated/α-hetero) is 1. The van der Waals surface area contributed by atoms with Crippen molar-refractivity contribution in [3.8, 4) is 22.7 Å². The second-order valence-corrected chi connectivity index (χ2v) is 7.17. The molecule has 1 aromatic heterocycles. The highest BCUT2D eigenvalue weighted by molar-refractivity contribution is 6.39. The lowest BCUT2D eigenvalue weighted by atomic mass is 9.88. The van der Waals surface area contributed by atoms with E-state index < -0.39 is 0 Å². The van der Waals surface area contributed by atoms with Gasteiger partial charge < -0.3 is 4.74 Å². The molecule has 0 unspecified atom stereocenters. The van der Waals surface area contributed by atoms with Gasteiger partial charge in [0.1, 0.15) is 17.1 Å². The molecule has 0 saturated heterocycles. The number of nitrogens with zero attached hydrogens (tertiary/aromatic N) is 2. The Labute approximate surface area is 179 Å². The number of methoxy groups -OCH3 is 1. The number of benzene rings is 3. The summed E-state index contributed by atoms with van der Waals surface area (Å²) in [4.78, 5) is 26.9. The number of hydrogen-bond acceptors (Lipinski definition) is 4. The van der Waals surface area contributed by atoms with Crippen LogP contribution >= 0.6 is 0 Å². The number of aromatic nitrogens is 2. The van der Waals surface area contributed by atoms with E-state index in [0.717, 1.165) is 11.3 Å². The first kappa shape index (κ1) is 18.8. The van der Waals surface area contributed by atoms with Gasteiger partial charge in [0.05, 0.1) is 18.4 Å². The molecule has 0 atom stereocenters. The zero-order valence-electron chi connectivity index (χ0n) is 16.8. The number of ketones is 2. The minimum Gasteiger partial charge on any atom is -0.497 e. The number of hydrogen-bond donors (Lipinski definition) is 0. The van der Waals surface area contributed by atoms with Crippen LogP contribution in [0.15, 0.2) is 91.0 Å². The molecule has 150 valence electrons. The lowest BCUT2D eigenvalue weighted by molar-refractivity contribution is 0.0998. The van der Waals surface area contributed by atoms with E-state index in [0.29, 0.717) is 28.1 Å². The molecule has 1 heterocycles. The summed E-state index contributed by atoms with van der Waals surface area (Å²) in [5.41, 5.74) is 3.63. The Bertz CT molecular complexity index is 1320. The highest BCUT2D eigenvalue weighted by atomic mass is 16.5. The van der Waals surface area contributed by atoms with Gasteiger partial charge >= 0.3 is 0 Å². The van der Waals surface area contributed by atoms with Gasteiger partial charge in [-0.05, 0) is 35.9 Å². The van der Waals surface area contributed by atoms with Gasteiger partial charge in [-0.2, -0.15) is 5.10 Å². The van der Waals surface area contributed by atoms with Crippen LogP contribution < -0.4 is 4.74 Å². The first-order chi connectivity index (χ1) is 15.2. The van der Waals surface area contributed by atoms with Gasteiger partial charge in [-0.1, -0.05) is 60.7 Å². The molecule has 0 fully saturated rings. The molecule has 5 heteroatoms. The maximum Gasteiger partial charge on any atom is 0.213 e. The van der Waals surface area contributed by atoms with Crippen LogP contribution in [0.2, 0.25) is 0 Å².